The maximum Gasteiger partial charge on any atom is 0.0931 e. The van der Waals surface area contributed by atoms with Crippen LogP contribution in [0.15, 0.2) is 0 Å². The molecule has 0 heterocycles. The first kappa shape index (κ1) is 7.92. The topological polar surface area (TPSA) is 26.0 Å². The van der Waals surface area contributed by atoms with Gasteiger partial charge in [0.2, 0.25) is 0 Å². The van der Waals surface area contributed by atoms with Gasteiger partial charge in [0.25, 0.3) is 0 Å². The lowest BCUT2D eigenvalue weighted by atomic mass is 10.5. The zero-order valence-electron chi connectivity index (χ0n) is 6.15. The van der Waals surface area contributed by atoms with Crippen LogP contribution in [0.4, 0.5) is 0 Å². The monoisotopic (exact) mass is 117 g/mol. The van der Waals surface area contributed by atoms with E-state index >= 15 is 0 Å². The van der Waals surface area contributed by atoms with E-state index in [4.69, 9.17) is 5.84 Å². The van der Waals surface area contributed by atoms with Crippen LogP contribution in [0.3, 0.4) is 0 Å². The quantitative estimate of drug-likeness (QED) is 0.329. The Morgan fingerprint density at radius 3 is 1.25 bits per heavy atom. The molecular formula is C6H17N2+. The first-order valence-corrected chi connectivity index (χ1v) is 3.33. The Hall–Kier alpha value is -0.0800. The highest BCUT2D eigenvalue weighted by Gasteiger charge is 2.12. The van der Waals surface area contributed by atoms with E-state index < -0.39 is 0 Å². The van der Waals surface area contributed by atoms with Crippen molar-refractivity contribution in [2.45, 2.75) is 20.8 Å². The van der Waals surface area contributed by atoms with Crippen LogP contribution < -0.4 is 5.84 Å². The fourth-order valence-electron chi connectivity index (χ4n) is 0.671. The van der Waals surface area contributed by atoms with E-state index in [0.29, 0.717) is 4.59 Å². The third kappa shape index (κ3) is 1.80. The first-order valence-electron chi connectivity index (χ1n) is 3.33. The largest absolute Gasteiger partial charge is 0.249 e. The highest BCUT2D eigenvalue weighted by molar-refractivity contribution is 4.22. The summed E-state index contributed by atoms with van der Waals surface area (Å²) in [5.41, 5.74) is 0. The molecule has 8 heavy (non-hydrogen) atoms. The first-order chi connectivity index (χ1) is 3.68. The highest BCUT2D eigenvalue weighted by atomic mass is 15.6. The van der Waals surface area contributed by atoms with Gasteiger partial charge in [-0.05, 0) is 20.8 Å². The summed E-state index contributed by atoms with van der Waals surface area (Å²) in [6.45, 7) is 9.46. The van der Waals surface area contributed by atoms with Crippen molar-refractivity contribution in [1.29, 1.82) is 0 Å². The van der Waals surface area contributed by atoms with E-state index in [9.17, 15) is 0 Å². The summed E-state index contributed by atoms with van der Waals surface area (Å²) in [5, 5.41) is 0. The minimum atomic E-state index is 0.708. The lowest BCUT2D eigenvalue weighted by Gasteiger charge is -2.28. The highest BCUT2D eigenvalue weighted by Crippen LogP contribution is 1.92. The van der Waals surface area contributed by atoms with E-state index in [1.54, 1.807) is 0 Å². The second kappa shape index (κ2) is 3.05. The Kier molecular flexibility index (Phi) is 3.02. The molecular weight excluding hydrogens is 100 g/mol. The Labute approximate surface area is 51.8 Å². The number of quaternary nitrogens is 1. The Morgan fingerprint density at radius 2 is 1.25 bits per heavy atom. The van der Waals surface area contributed by atoms with Crippen LogP contribution in [0, 0.1) is 0 Å². The summed E-state index contributed by atoms with van der Waals surface area (Å²) in [4.78, 5) is 0. The summed E-state index contributed by atoms with van der Waals surface area (Å²) >= 11 is 0. The molecule has 0 unspecified atom stereocenters. The fourth-order valence-corrected chi connectivity index (χ4v) is 0.671. The standard InChI is InChI=1S/C6H17N2/c1-4-8(7,5-2)6-3/h4-7H2,1-3H3/q+1. The van der Waals surface area contributed by atoms with Crippen molar-refractivity contribution < 1.29 is 4.59 Å². The lowest BCUT2D eigenvalue weighted by Crippen LogP contribution is -2.53. The normalized spacial score (nSPS) is 12.0. The van der Waals surface area contributed by atoms with Crippen molar-refractivity contribution >= 4 is 0 Å². The molecule has 0 aromatic carbocycles. The predicted molar refractivity (Wildman–Crippen MR) is 36.1 cm³/mol. The number of nitrogens with two attached hydrogens (primary N) is 1. The third-order valence-corrected chi connectivity index (χ3v) is 1.89. The molecule has 0 radical (unpaired) electrons. The molecule has 0 fully saturated rings. The molecule has 0 aliphatic carbocycles. The summed E-state index contributed by atoms with van der Waals surface area (Å²) in [7, 11) is 0. The molecule has 0 atom stereocenters. The van der Waals surface area contributed by atoms with Gasteiger partial charge in [-0.3, -0.25) is 0 Å². The van der Waals surface area contributed by atoms with Gasteiger partial charge < -0.3 is 0 Å². The van der Waals surface area contributed by atoms with Crippen molar-refractivity contribution in [1.82, 2.24) is 0 Å². The molecule has 50 valence electrons. The van der Waals surface area contributed by atoms with E-state index in [-0.39, 0.29) is 0 Å². The van der Waals surface area contributed by atoms with Gasteiger partial charge in [-0.2, -0.15) is 5.84 Å². The average molecular weight is 117 g/mol. The molecule has 0 aliphatic rings. The number of hydrogen-bond acceptors (Lipinski definition) is 1. The lowest BCUT2D eigenvalue weighted by molar-refractivity contribution is -0.935. The van der Waals surface area contributed by atoms with Crippen molar-refractivity contribution in [2.24, 2.45) is 5.84 Å². The minimum absolute atomic E-state index is 0.708. The molecule has 0 spiro atoms. The number of nitrogens with zero attached hydrogens (tertiary/aromatic N) is 1. The van der Waals surface area contributed by atoms with Crippen LogP contribution in [0.5, 0.6) is 0 Å². The van der Waals surface area contributed by atoms with Crippen LogP contribution in [0.1, 0.15) is 20.8 Å². The molecule has 0 saturated carbocycles. The summed E-state index contributed by atoms with van der Waals surface area (Å²) in [5.74, 6) is 5.83. The van der Waals surface area contributed by atoms with Gasteiger partial charge in [-0.15, -0.1) is 0 Å². The molecule has 0 aliphatic heterocycles. The van der Waals surface area contributed by atoms with E-state index in [2.05, 4.69) is 20.8 Å². The molecule has 2 nitrogen and oxygen atoms in total. The summed E-state index contributed by atoms with van der Waals surface area (Å²) < 4.78 is 0.708. The van der Waals surface area contributed by atoms with Crippen LogP contribution in [0.25, 0.3) is 0 Å². The Balaban J connectivity index is 3.58. The van der Waals surface area contributed by atoms with Gasteiger partial charge in [0, 0.05) is 0 Å². The van der Waals surface area contributed by atoms with Gasteiger partial charge in [-0.1, -0.05) is 0 Å². The van der Waals surface area contributed by atoms with E-state index in [1.807, 2.05) is 0 Å². The Morgan fingerprint density at radius 1 is 1.00 bits per heavy atom. The second-order valence-electron chi connectivity index (χ2n) is 2.17. The molecule has 0 aromatic heterocycles. The van der Waals surface area contributed by atoms with Crippen LogP contribution in [-0.2, 0) is 0 Å². The van der Waals surface area contributed by atoms with E-state index in [1.165, 1.54) is 0 Å². The van der Waals surface area contributed by atoms with Gasteiger partial charge in [0.15, 0.2) is 0 Å². The summed E-state index contributed by atoms with van der Waals surface area (Å²) in [6, 6.07) is 0. The zero-order valence-corrected chi connectivity index (χ0v) is 6.15. The molecule has 2 heteroatoms. The van der Waals surface area contributed by atoms with Crippen LogP contribution >= 0.6 is 0 Å². The Bertz CT molecular complexity index is 49.3. The molecule has 0 bridgehead atoms. The number of hydrogen-bond donors (Lipinski definition) is 1. The fraction of sp³-hybridized carbons (Fsp3) is 1.00. The minimum Gasteiger partial charge on any atom is -0.249 e. The second-order valence-corrected chi connectivity index (χ2v) is 2.17. The molecule has 0 aromatic rings. The predicted octanol–water partition coefficient (Wildman–Crippen LogP) is 0.737. The smallest absolute Gasteiger partial charge is 0.0931 e. The SMILES string of the molecule is CC[N+](N)(CC)CC. The third-order valence-electron chi connectivity index (χ3n) is 1.89. The van der Waals surface area contributed by atoms with Crippen LogP contribution in [0.2, 0.25) is 0 Å². The van der Waals surface area contributed by atoms with Crippen molar-refractivity contribution in [3.05, 3.63) is 0 Å². The van der Waals surface area contributed by atoms with Gasteiger partial charge in [-0.25, -0.2) is 4.59 Å². The summed E-state index contributed by atoms with van der Waals surface area (Å²) in [6.07, 6.45) is 0. The van der Waals surface area contributed by atoms with Gasteiger partial charge >= 0.3 is 0 Å². The maximum absolute atomic E-state index is 5.83. The van der Waals surface area contributed by atoms with Crippen molar-refractivity contribution in [3.63, 3.8) is 0 Å². The van der Waals surface area contributed by atoms with E-state index in [0.717, 1.165) is 19.6 Å². The average Bonchev–Trinajstić information content (AvgIpc) is 1.87. The van der Waals surface area contributed by atoms with Gasteiger partial charge in [0.1, 0.15) is 0 Å². The zero-order chi connectivity index (χ0) is 6.62. The van der Waals surface area contributed by atoms with Crippen LogP contribution in [-0.4, -0.2) is 24.2 Å². The molecule has 0 rings (SSSR count). The van der Waals surface area contributed by atoms with Crippen molar-refractivity contribution in [3.8, 4) is 0 Å². The van der Waals surface area contributed by atoms with Crippen molar-refractivity contribution in [2.75, 3.05) is 19.6 Å². The van der Waals surface area contributed by atoms with Gasteiger partial charge in [0.05, 0.1) is 19.6 Å². The number of rotatable bonds is 3. The molecule has 2 N–H and O–H groups in total. The molecule has 0 amide bonds. The molecule has 0 saturated heterocycles. The maximum atomic E-state index is 5.83.